The molecule has 0 bridgehead atoms. The van der Waals surface area contributed by atoms with Crippen molar-refractivity contribution in [2.75, 3.05) is 0 Å². The highest BCUT2D eigenvalue weighted by Crippen LogP contribution is 2.24. The average molecular weight is 188 g/mol. The Morgan fingerprint density at radius 1 is 1.21 bits per heavy atom. The Morgan fingerprint density at radius 2 is 1.93 bits per heavy atom. The number of benzene rings is 1. The van der Waals surface area contributed by atoms with Crippen molar-refractivity contribution < 1.29 is 9.59 Å². The zero-order chi connectivity index (χ0) is 10.4. The van der Waals surface area contributed by atoms with Gasteiger partial charge in [0.1, 0.15) is 0 Å². The van der Waals surface area contributed by atoms with Gasteiger partial charge in [-0.3, -0.25) is 0 Å². The molecule has 0 saturated heterocycles. The van der Waals surface area contributed by atoms with Gasteiger partial charge in [-0.1, -0.05) is 6.92 Å². The molecular formula is C10H8N2O2. The van der Waals surface area contributed by atoms with Gasteiger partial charge in [0.05, 0.1) is 11.4 Å². The van der Waals surface area contributed by atoms with Crippen molar-refractivity contribution in [2.45, 2.75) is 13.3 Å². The summed E-state index contributed by atoms with van der Waals surface area (Å²) in [5.41, 5.74) is 1.93. The summed E-state index contributed by atoms with van der Waals surface area (Å²) in [4.78, 5) is 27.1. The molecule has 14 heavy (non-hydrogen) atoms. The molecule has 0 unspecified atom stereocenters. The van der Waals surface area contributed by atoms with Crippen molar-refractivity contribution in [2.24, 2.45) is 9.98 Å². The van der Waals surface area contributed by atoms with E-state index in [1.54, 1.807) is 18.2 Å². The van der Waals surface area contributed by atoms with E-state index in [0.29, 0.717) is 17.8 Å². The fourth-order valence-electron chi connectivity index (χ4n) is 1.14. The highest BCUT2D eigenvalue weighted by Gasteiger charge is 2.00. The molecule has 0 amide bonds. The van der Waals surface area contributed by atoms with Crippen molar-refractivity contribution in [3.63, 3.8) is 0 Å². The molecule has 0 spiro atoms. The van der Waals surface area contributed by atoms with E-state index in [1.807, 2.05) is 6.92 Å². The van der Waals surface area contributed by atoms with Crippen LogP contribution in [0.1, 0.15) is 12.5 Å². The Kier molecular flexibility index (Phi) is 3.50. The minimum Gasteiger partial charge on any atom is -0.211 e. The first-order chi connectivity index (χ1) is 6.81. The third kappa shape index (κ3) is 2.23. The first-order valence-corrected chi connectivity index (χ1v) is 4.10. The Morgan fingerprint density at radius 3 is 2.50 bits per heavy atom. The lowest BCUT2D eigenvalue weighted by atomic mass is 10.1. The Bertz CT molecular complexity index is 428. The van der Waals surface area contributed by atoms with Crippen LogP contribution in [0.2, 0.25) is 0 Å². The summed E-state index contributed by atoms with van der Waals surface area (Å²) in [7, 11) is 0. The summed E-state index contributed by atoms with van der Waals surface area (Å²) in [6, 6.07) is 4.92. The maximum absolute atomic E-state index is 10.1. The van der Waals surface area contributed by atoms with E-state index in [4.69, 9.17) is 0 Å². The van der Waals surface area contributed by atoms with Crippen molar-refractivity contribution in [1.29, 1.82) is 0 Å². The average Bonchev–Trinajstić information content (AvgIpc) is 2.21. The van der Waals surface area contributed by atoms with E-state index in [9.17, 15) is 9.59 Å². The summed E-state index contributed by atoms with van der Waals surface area (Å²) >= 11 is 0. The molecule has 0 fully saturated rings. The Balaban J connectivity index is 3.23. The molecule has 4 nitrogen and oxygen atoms in total. The molecule has 0 aliphatic carbocycles. The van der Waals surface area contributed by atoms with Gasteiger partial charge < -0.3 is 0 Å². The number of carbonyl (C=O) groups excluding carboxylic acids is 2. The third-order valence-electron chi connectivity index (χ3n) is 1.78. The van der Waals surface area contributed by atoms with E-state index < -0.39 is 0 Å². The van der Waals surface area contributed by atoms with Crippen LogP contribution in [-0.4, -0.2) is 12.2 Å². The largest absolute Gasteiger partial charge is 0.240 e. The number of hydrogen-bond donors (Lipinski definition) is 0. The van der Waals surface area contributed by atoms with Crippen molar-refractivity contribution in [3.05, 3.63) is 23.8 Å². The van der Waals surface area contributed by atoms with Gasteiger partial charge in [0, 0.05) is 0 Å². The zero-order valence-electron chi connectivity index (χ0n) is 7.65. The van der Waals surface area contributed by atoms with E-state index in [-0.39, 0.29) is 0 Å². The molecule has 0 aliphatic heterocycles. The van der Waals surface area contributed by atoms with Gasteiger partial charge in [-0.05, 0) is 30.2 Å². The second kappa shape index (κ2) is 4.87. The number of isocyanates is 2. The first kappa shape index (κ1) is 10.1. The molecule has 0 atom stereocenters. The van der Waals surface area contributed by atoms with Crippen molar-refractivity contribution >= 4 is 23.5 Å². The highest BCUT2D eigenvalue weighted by molar-refractivity contribution is 5.60. The number of rotatable bonds is 3. The van der Waals surface area contributed by atoms with Gasteiger partial charge in [0.15, 0.2) is 0 Å². The fraction of sp³-hybridized carbons (Fsp3) is 0.200. The number of hydrogen-bond acceptors (Lipinski definition) is 4. The van der Waals surface area contributed by atoms with E-state index in [0.717, 1.165) is 5.56 Å². The smallest absolute Gasteiger partial charge is 0.211 e. The standard InChI is InChI=1S/C10H8N2O2/c1-2-8-5-9(11-6-13)3-4-10(8)12-7-14/h3-5H,2H2,1H3. The van der Waals surface area contributed by atoms with Crippen LogP contribution in [0.3, 0.4) is 0 Å². The maximum atomic E-state index is 10.1. The molecule has 0 saturated carbocycles. The van der Waals surface area contributed by atoms with Gasteiger partial charge in [-0.25, -0.2) is 9.59 Å². The topological polar surface area (TPSA) is 58.9 Å². The lowest BCUT2D eigenvalue weighted by Gasteiger charge is -2.00. The SMILES string of the molecule is CCc1cc(N=C=O)ccc1N=C=O. The van der Waals surface area contributed by atoms with Crippen LogP contribution < -0.4 is 0 Å². The van der Waals surface area contributed by atoms with E-state index in [2.05, 4.69) is 9.98 Å². The number of aryl methyl sites for hydroxylation is 1. The fourth-order valence-corrected chi connectivity index (χ4v) is 1.14. The first-order valence-electron chi connectivity index (χ1n) is 4.10. The second-order valence-electron chi connectivity index (χ2n) is 2.57. The summed E-state index contributed by atoms with van der Waals surface area (Å²) in [5.74, 6) is 0. The van der Waals surface area contributed by atoms with Crippen LogP contribution >= 0.6 is 0 Å². The second-order valence-corrected chi connectivity index (χ2v) is 2.57. The minimum absolute atomic E-state index is 0.515. The Hall–Kier alpha value is -2.02. The summed E-state index contributed by atoms with van der Waals surface area (Å²) in [5, 5.41) is 0. The van der Waals surface area contributed by atoms with Crippen molar-refractivity contribution in [1.82, 2.24) is 0 Å². The molecular weight excluding hydrogens is 180 g/mol. The zero-order valence-corrected chi connectivity index (χ0v) is 7.65. The molecule has 0 heterocycles. The molecule has 0 aliphatic rings. The van der Waals surface area contributed by atoms with E-state index >= 15 is 0 Å². The molecule has 4 heteroatoms. The summed E-state index contributed by atoms with van der Waals surface area (Å²) in [6.45, 7) is 1.92. The Labute approximate surface area is 81.0 Å². The van der Waals surface area contributed by atoms with Crippen LogP contribution in [0.5, 0.6) is 0 Å². The molecule has 70 valence electrons. The van der Waals surface area contributed by atoms with Crippen LogP contribution in [0.4, 0.5) is 11.4 Å². The van der Waals surface area contributed by atoms with Crippen LogP contribution in [0, 0.1) is 0 Å². The number of aliphatic imine (C=N–C) groups is 2. The molecule has 0 radical (unpaired) electrons. The summed E-state index contributed by atoms with van der Waals surface area (Å²) < 4.78 is 0. The van der Waals surface area contributed by atoms with Crippen LogP contribution in [0.15, 0.2) is 28.2 Å². The molecule has 0 N–H and O–H groups in total. The predicted molar refractivity (Wildman–Crippen MR) is 51.4 cm³/mol. The lowest BCUT2D eigenvalue weighted by Crippen LogP contribution is -1.80. The van der Waals surface area contributed by atoms with Gasteiger partial charge in [0.25, 0.3) is 0 Å². The number of nitrogens with zero attached hydrogens (tertiary/aromatic N) is 2. The molecule has 1 rings (SSSR count). The summed E-state index contributed by atoms with van der Waals surface area (Å²) in [6.07, 6.45) is 3.64. The van der Waals surface area contributed by atoms with Gasteiger partial charge in [-0.2, -0.15) is 9.98 Å². The highest BCUT2D eigenvalue weighted by atomic mass is 16.1. The monoisotopic (exact) mass is 188 g/mol. The predicted octanol–water partition coefficient (Wildman–Crippen LogP) is 2.18. The van der Waals surface area contributed by atoms with Gasteiger partial charge >= 0.3 is 0 Å². The van der Waals surface area contributed by atoms with Crippen LogP contribution in [0.25, 0.3) is 0 Å². The normalized spacial score (nSPS) is 8.64. The van der Waals surface area contributed by atoms with Crippen molar-refractivity contribution in [3.8, 4) is 0 Å². The third-order valence-corrected chi connectivity index (χ3v) is 1.78. The molecule has 0 aromatic heterocycles. The molecule has 1 aromatic rings. The van der Waals surface area contributed by atoms with E-state index in [1.165, 1.54) is 12.2 Å². The quantitative estimate of drug-likeness (QED) is 0.539. The van der Waals surface area contributed by atoms with Crippen LogP contribution in [-0.2, 0) is 16.0 Å². The lowest BCUT2D eigenvalue weighted by molar-refractivity contribution is 0.564. The maximum Gasteiger partial charge on any atom is 0.240 e. The minimum atomic E-state index is 0.515. The molecule has 1 aromatic carbocycles. The van der Waals surface area contributed by atoms with Gasteiger partial charge in [0.2, 0.25) is 12.2 Å². The van der Waals surface area contributed by atoms with Gasteiger partial charge in [-0.15, -0.1) is 0 Å².